The predicted octanol–water partition coefficient (Wildman–Crippen LogP) is 3.00. The van der Waals surface area contributed by atoms with Gasteiger partial charge in [0.15, 0.2) is 11.5 Å². The zero-order chi connectivity index (χ0) is 18.7. The van der Waals surface area contributed by atoms with Crippen molar-refractivity contribution >= 4 is 28.9 Å². The highest BCUT2D eigenvalue weighted by Gasteiger charge is 2.35. The molecule has 0 saturated heterocycles. The van der Waals surface area contributed by atoms with Crippen LogP contribution in [0.5, 0.6) is 11.5 Å². The lowest BCUT2D eigenvalue weighted by Gasteiger charge is -2.23. The zero-order valence-corrected chi connectivity index (χ0v) is 14.9. The summed E-state index contributed by atoms with van der Waals surface area (Å²) in [6.07, 6.45) is 0.00778. The Kier molecular flexibility index (Phi) is 5.22. The molecule has 26 heavy (non-hydrogen) atoms. The molecule has 0 aliphatic carbocycles. The first-order chi connectivity index (χ1) is 12.5. The molecule has 2 N–H and O–H groups in total. The van der Waals surface area contributed by atoms with E-state index in [1.165, 1.54) is 23.5 Å². The fourth-order valence-electron chi connectivity index (χ4n) is 2.88. The summed E-state index contributed by atoms with van der Waals surface area (Å²) in [6.45, 7) is 0. The Morgan fingerprint density at radius 2 is 2.12 bits per heavy atom. The molecule has 1 aromatic carbocycles. The molecule has 1 atom stereocenters. The van der Waals surface area contributed by atoms with Gasteiger partial charge < -0.3 is 14.9 Å². The number of rotatable bonds is 6. The second-order valence-electron chi connectivity index (χ2n) is 5.77. The number of carboxylic acids is 1. The van der Waals surface area contributed by atoms with Crippen LogP contribution in [0.15, 0.2) is 40.8 Å². The fourth-order valence-corrected chi connectivity index (χ4v) is 3.60. The minimum atomic E-state index is -1.04. The van der Waals surface area contributed by atoms with Gasteiger partial charge in [0.1, 0.15) is 0 Å². The van der Waals surface area contributed by atoms with Gasteiger partial charge in [-0.05, 0) is 17.5 Å². The van der Waals surface area contributed by atoms with Gasteiger partial charge in [0.05, 0.1) is 30.2 Å². The minimum Gasteiger partial charge on any atom is -0.504 e. The Balaban J connectivity index is 1.95. The van der Waals surface area contributed by atoms with Crippen LogP contribution >= 0.6 is 11.3 Å². The Hall–Kier alpha value is -2.87. The second kappa shape index (κ2) is 7.57. The SMILES string of the molecule is COc1cccc([C@@H]2CC(c3cccs3)=NN2C(=O)CCC(=O)O)c1O. The van der Waals surface area contributed by atoms with Crippen molar-refractivity contribution < 1.29 is 24.5 Å². The lowest BCUT2D eigenvalue weighted by atomic mass is 9.99. The number of phenols is 1. The summed E-state index contributed by atoms with van der Waals surface area (Å²) in [5.41, 5.74) is 1.25. The van der Waals surface area contributed by atoms with Gasteiger partial charge in [0, 0.05) is 18.4 Å². The molecule has 1 amide bonds. The lowest BCUT2D eigenvalue weighted by molar-refractivity contribution is -0.141. The largest absolute Gasteiger partial charge is 0.504 e. The number of ether oxygens (including phenoxy) is 1. The maximum atomic E-state index is 12.6. The molecular weight excluding hydrogens is 356 g/mol. The van der Waals surface area contributed by atoms with Crippen molar-refractivity contribution in [1.82, 2.24) is 5.01 Å². The number of thiophene rings is 1. The molecule has 0 spiro atoms. The summed E-state index contributed by atoms with van der Waals surface area (Å²) < 4.78 is 5.15. The topological polar surface area (TPSA) is 99.4 Å². The van der Waals surface area contributed by atoms with Gasteiger partial charge in [-0.2, -0.15) is 5.10 Å². The number of carbonyl (C=O) groups excluding carboxylic acids is 1. The molecule has 2 heterocycles. The molecule has 0 radical (unpaired) electrons. The summed E-state index contributed by atoms with van der Waals surface area (Å²) in [6, 6.07) is 8.38. The number of hydrogen-bond acceptors (Lipinski definition) is 6. The quantitative estimate of drug-likeness (QED) is 0.810. The van der Waals surface area contributed by atoms with Gasteiger partial charge in [-0.15, -0.1) is 11.3 Å². The summed E-state index contributed by atoms with van der Waals surface area (Å²) in [5.74, 6) is -1.17. The summed E-state index contributed by atoms with van der Waals surface area (Å²) in [7, 11) is 1.46. The number of phenolic OH excluding ortho intramolecular Hbond substituents is 1. The second-order valence-corrected chi connectivity index (χ2v) is 6.72. The van der Waals surface area contributed by atoms with Crippen molar-refractivity contribution in [3.05, 3.63) is 46.2 Å². The number of aromatic hydroxyl groups is 1. The standard InChI is InChI=1S/C18H18N2O5S/c1-25-14-5-2-4-11(18(14)24)13-10-12(15-6-3-9-26-15)19-20(13)16(21)7-8-17(22)23/h2-6,9,13,24H,7-8,10H2,1H3,(H,22,23)/t13-/m0/s1. The first kappa shape index (κ1) is 17.9. The van der Waals surface area contributed by atoms with E-state index in [9.17, 15) is 14.7 Å². The van der Waals surface area contributed by atoms with Crippen LogP contribution in [0, 0.1) is 0 Å². The van der Waals surface area contributed by atoms with Gasteiger partial charge in [-0.1, -0.05) is 18.2 Å². The van der Waals surface area contributed by atoms with E-state index >= 15 is 0 Å². The van der Waals surface area contributed by atoms with Crippen molar-refractivity contribution in [3.63, 3.8) is 0 Å². The molecule has 1 aliphatic heterocycles. The van der Waals surface area contributed by atoms with Crippen molar-refractivity contribution in [1.29, 1.82) is 0 Å². The van der Waals surface area contributed by atoms with Gasteiger partial charge >= 0.3 is 5.97 Å². The number of carbonyl (C=O) groups is 2. The Morgan fingerprint density at radius 1 is 1.31 bits per heavy atom. The molecule has 136 valence electrons. The van der Waals surface area contributed by atoms with E-state index < -0.39 is 17.9 Å². The molecule has 7 nitrogen and oxygen atoms in total. The number of nitrogens with zero attached hydrogens (tertiary/aromatic N) is 2. The molecule has 3 rings (SSSR count). The third-order valence-corrected chi connectivity index (χ3v) is 5.05. The number of aliphatic carboxylic acids is 1. The third kappa shape index (κ3) is 3.55. The number of benzene rings is 1. The van der Waals surface area contributed by atoms with Crippen LogP contribution in [0.25, 0.3) is 0 Å². The van der Waals surface area contributed by atoms with Crippen LogP contribution in [-0.2, 0) is 9.59 Å². The van der Waals surface area contributed by atoms with Crippen LogP contribution in [-0.4, -0.2) is 39.9 Å². The first-order valence-corrected chi connectivity index (χ1v) is 8.90. The van der Waals surface area contributed by atoms with Crippen molar-refractivity contribution in [2.75, 3.05) is 7.11 Å². The van der Waals surface area contributed by atoms with Crippen LogP contribution in [0.4, 0.5) is 0 Å². The van der Waals surface area contributed by atoms with E-state index in [1.54, 1.807) is 18.2 Å². The van der Waals surface area contributed by atoms with Crippen LogP contribution in [0.1, 0.15) is 35.7 Å². The maximum Gasteiger partial charge on any atom is 0.303 e. The smallest absolute Gasteiger partial charge is 0.303 e. The summed E-state index contributed by atoms with van der Waals surface area (Å²) >= 11 is 1.51. The summed E-state index contributed by atoms with van der Waals surface area (Å²) in [4.78, 5) is 24.3. The minimum absolute atomic E-state index is 0.0429. The fraction of sp³-hybridized carbons (Fsp3) is 0.278. The average Bonchev–Trinajstić information content (AvgIpc) is 3.29. The van der Waals surface area contributed by atoms with Gasteiger partial charge in [-0.25, -0.2) is 5.01 Å². The van der Waals surface area contributed by atoms with Gasteiger partial charge in [0.2, 0.25) is 5.91 Å². The first-order valence-electron chi connectivity index (χ1n) is 8.02. The Morgan fingerprint density at radius 3 is 2.77 bits per heavy atom. The van der Waals surface area contributed by atoms with E-state index in [-0.39, 0.29) is 18.6 Å². The van der Waals surface area contributed by atoms with Crippen LogP contribution in [0.2, 0.25) is 0 Å². The van der Waals surface area contributed by atoms with Crippen molar-refractivity contribution in [2.24, 2.45) is 5.10 Å². The van der Waals surface area contributed by atoms with Crippen molar-refractivity contribution in [3.8, 4) is 11.5 Å². The number of carboxylic acid groups (broad SMARTS) is 1. The van der Waals surface area contributed by atoms with E-state index in [2.05, 4.69) is 5.10 Å². The number of hydrazone groups is 1. The number of hydrogen-bond donors (Lipinski definition) is 2. The zero-order valence-electron chi connectivity index (χ0n) is 14.1. The molecular formula is C18H18N2O5S. The maximum absolute atomic E-state index is 12.6. The molecule has 1 aromatic heterocycles. The van der Waals surface area contributed by atoms with Crippen LogP contribution < -0.4 is 4.74 Å². The molecule has 0 fully saturated rings. The highest BCUT2D eigenvalue weighted by atomic mass is 32.1. The molecule has 2 aromatic rings. The molecule has 0 bridgehead atoms. The molecule has 0 saturated carbocycles. The van der Waals surface area contributed by atoms with Crippen molar-refractivity contribution in [2.45, 2.75) is 25.3 Å². The molecule has 1 aliphatic rings. The van der Waals surface area contributed by atoms with E-state index in [1.807, 2.05) is 17.5 Å². The lowest BCUT2D eigenvalue weighted by Crippen LogP contribution is -2.27. The van der Waals surface area contributed by atoms with Gasteiger partial charge in [0.25, 0.3) is 0 Å². The van der Waals surface area contributed by atoms with Crippen LogP contribution in [0.3, 0.4) is 0 Å². The molecule has 8 heteroatoms. The number of methoxy groups -OCH3 is 1. The Labute approximate surface area is 154 Å². The third-order valence-electron chi connectivity index (χ3n) is 4.13. The summed E-state index contributed by atoms with van der Waals surface area (Å²) in [5, 5.41) is 27.0. The van der Waals surface area contributed by atoms with E-state index in [4.69, 9.17) is 9.84 Å². The highest BCUT2D eigenvalue weighted by Crippen LogP contribution is 2.41. The van der Waals surface area contributed by atoms with Gasteiger partial charge in [-0.3, -0.25) is 9.59 Å². The van der Waals surface area contributed by atoms with E-state index in [0.29, 0.717) is 17.7 Å². The normalized spacial score (nSPS) is 16.4. The average molecular weight is 374 g/mol. The Bertz CT molecular complexity index is 847. The highest BCUT2D eigenvalue weighted by molar-refractivity contribution is 7.12. The molecule has 0 unspecified atom stereocenters. The number of amides is 1. The monoisotopic (exact) mass is 374 g/mol. The number of para-hydroxylation sites is 1. The van der Waals surface area contributed by atoms with E-state index in [0.717, 1.165) is 10.6 Å². The predicted molar refractivity (Wildman–Crippen MR) is 96.6 cm³/mol.